The lowest BCUT2D eigenvalue weighted by molar-refractivity contribution is 0.0942. The van der Waals surface area contributed by atoms with E-state index >= 15 is 0 Å². The molecule has 6 nitrogen and oxygen atoms in total. The van der Waals surface area contributed by atoms with E-state index in [1.54, 1.807) is 13.1 Å². The number of aliphatic hydroxyl groups excluding tert-OH is 3. The number of hydrogen-bond acceptors (Lipinski definition) is 6. The van der Waals surface area contributed by atoms with Crippen LogP contribution in [0.1, 0.15) is 31.2 Å². The van der Waals surface area contributed by atoms with Crippen molar-refractivity contribution in [3.8, 4) is 0 Å². The van der Waals surface area contributed by atoms with Gasteiger partial charge in [0, 0.05) is 6.21 Å². The van der Waals surface area contributed by atoms with Crippen molar-refractivity contribution in [3.63, 3.8) is 0 Å². The summed E-state index contributed by atoms with van der Waals surface area (Å²) in [4.78, 5) is 4.22. The number of benzene rings is 1. The Morgan fingerprint density at radius 2 is 1.95 bits per heavy atom. The minimum atomic E-state index is -0.863. The molecule has 2 rings (SSSR count). The van der Waals surface area contributed by atoms with Crippen molar-refractivity contribution in [1.82, 2.24) is 5.32 Å². The van der Waals surface area contributed by atoms with Gasteiger partial charge in [0.1, 0.15) is 11.8 Å². The van der Waals surface area contributed by atoms with E-state index in [1.165, 1.54) is 0 Å². The summed E-state index contributed by atoms with van der Waals surface area (Å²) >= 11 is 0. The van der Waals surface area contributed by atoms with Gasteiger partial charge in [-0.25, -0.2) is 0 Å². The average molecular weight is 308 g/mol. The third kappa shape index (κ3) is 3.91. The molecule has 1 fully saturated rings. The summed E-state index contributed by atoms with van der Waals surface area (Å²) in [7, 11) is 0. The highest BCUT2D eigenvalue weighted by atomic mass is 16.5. The van der Waals surface area contributed by atoms with Gasteiger partial charge < -0.3 is 20.1 Å². The Morgan fingerprint density at radius 1 is 1.32 bits per heavy atom. The quantitative estimate of drug-likeness (QED) is 0.564. The Balaban J connectivity index is 2.04. The van der Waals surface area contributed by atoms with Crippen molar-refractivity contribution in [2.24, 2.45) is 4.99 Å². The van der Waals surface area contributed by atoms with E-state index in [9.17, 15) is 15.3 Å². The fraction of sp³-hybridized carbons (Fsp3) is 0.562. The minimum Gasteiger partial charge on any atom is -0.394 e. The van der Waals surface area contributed by atoms with Gasteiger partial charge in [-0.3, -0.25) is 10.3 Å². The summed E-state index contributed by atoms with van der Waals surface area (Å²) in [6, 6.07) is 7.65. The maximum atomic E-state index is 9.33. The Labute approximate surface area is 130 Å². The second-order valence-corrected chi connectivity index (χ2v) is 6.29. The second-order valence-electron chi connectivity index (χ2n) is 6.29. The number of rotatable bonds is 6. The molecule has 4 N–H and O–H groups in total. The molecule has 0 amide bonds. The molecule has 0 aromatic heterocycles. The average Bonchev–Trinajstić information content (AvgIpc) is 2.96. The van der Waals surface area contributed by atoms with E-state index in [0.29, 0.717) is 6.61 Å². The largest absolute Gasteiger partial charge is 0.394 e. The number of hydrogen-bond donors (Lipinski definition) is 4. The molecule has 22 heavy (non-hydrogen) atoms. The zero-order valence-corrected chi connectivity index (χ0v) is 13.0. The molecule has 122 valence electrons. The number of aliphatic imine (C=N–C) groups is 1. The first-order valence-corrected chi connectivity index (χ1v) is 7.31. The summed E-state index contributed by atoms with van der Waals surface area (Å²) in [6.45, 7) is 3.66. The Bertz CT molecular complexity index is 513. The lowest BCUT2D eigenvalue weighted by atomic mass is 10.1. The van der Waals surface area contributed by atoms with Crippen molar-refractivity contribution < 1.29 is 20.1 Å². The first-order valence-electron chi connectivity index (χ1n) is 7.31. The van der Waals surface area contributed by atoms with Crippen LogP contribution in [0, 0.1) is 0 Å². The van der Waals surface area contributed by atoms with E-state index in [1.807, 2.05) is 31.2 Å². The van der Waals surface area contributed by atoms with Crippen LogP contribution in [-0.4, -0.2) is 59.0 Å². The first kappa shape index (κ1) is 17.1. The summed E-state index contributed by atoms with van der Waals surface area (Å²) in [5.74, 6) is 0. The maximum absolute atomic E-state index is 9.33. The highest BCUT2D eigenvalue weighted by molar-refractivity contribution is 5.80. The number of nitrogens with zero attached hydrogens (tertiary/aromatic N) is 1. The van der Waals surface area contributed by atoms with Crippen LogP contribution in [0.5, 0.6) is 0 Å². The highest BCUT2D eigenvalue weighted by Gasteiger charge is 2.35. The molecule has 0 saturated carbocycles. The topological polar surface area (TPSA) is 94.3 Å². The molecule has 0 aliphatic carbocycles. The molecular formula is C16H24N2O4. The van der Waals surface area contributed by atoms with E-state index < -0.39 is 11.1 Å². The molecule has 1 aromatic rings. The van der Waals surface area contributed by atoms with Crippen molar-refractivity contribution in [2.75, 3.05) is 26.4 Å². The van der Waals surface area contributed by atoms with Crippen LogP contribution < -0.4 is 5.32 Å². The van der Waals surface area contributed by atoms with Crippen LogP contribution in [0.25, 0.3) is 0 Å². The fourth-order valence-corrected chi connectivity index (χ4v) is 2.06. The normalized spacial score (nSPS) is 26.0. The van der Waals surface area contributed by atoms with Gasteiger partial charge in [0.05, 0.1) is 32.0 Å². The van der Waals surface area contributed by atoms with E-state index in [2.05, 4.69) is 10.3 Å². The lowest BCUT2D eigenvalue weighted by Crippen LogP contribution is -2.43. The molecule has 1 aromatic carbocycles. The fourth-order valence-electron chi connectivity index (χ4n) is 2.06. The van der Waals surface area contributed by atoms with Crippen LogP contribution in [0.3, 0.4) is 0 Å². The first-order chi connectivity index (χ1) is 10.4. The number of nitrogens with one attached hydrogen (secondary N) is 1. The van der Waals surface area contributed by atoms with Gasteiger partial charge in [0.2, 0.25) is 0 Å². The number of aliphatic hydroxyl groups is 3. The zero-order valence-electron chi connectivity index (χ0n) is 13.0. The van der Waals surface area contributed by atoms with Gasteiger partial charge in [-0.2, -0.15) is 0 Å². The lowest BCUT2D eigenvalue weighted by Gasteiger charge is -2.20. The SMILES string of the molecule is CC(CO)(CO)N=Cc1ccc([C@@H]2N[C@@](C)(CO)CO2)cc1. The summed E-state index contributed by atoms with van der Waals surface area (Å²) in [5.41, 5.74) is 0.577. The predicted octanol–water partition coefficient (Wildman–Crippen LogP) is 0.218. The summed E-state index contributed by atoms with van der Waals surface area (Å²) < 4.78 is 5.66. The summed E-state index contributed by atoms with van der Waals surface area (Å²) in [5, 5.41) is 31.0. The minimum absolute atomic E-state index is 0.0230. The van der Waals surface area contributed by atoms with Gasteiger partial charge in [-0.15, -0.1) is 0 Å². The third-order valence-electron chi connectivity index (χ3n) is 3.84. The van der Waals surface area contributed by atoms with Gasteiger partial charge in [0.25, 0.3) is 0 Å². The van der Waals surface area contributed by atoms with Gasteiger partial charge in [-0.1, -0.05) is 24.3 Å². The zero-order chi connectivity index (χ0) is 16.2. The van der Waals surface area contributed by atoms with Crippen LogP contribution in [0.4, 0.5) is 0 Å². The Kier molecular flexibility index (Phi) is 5.31. The molecule has 1 saturated heterocycles. The molecule has 1 heterocycles. The molecular weight excluding hydrogens is 284 g/mol. The molecule has 0 spiro atoms. The van der Waals surface area contributed by atoms with Crippen LogP contribution in [-0.2, 0) is 4.74 Å². The highest BCUT2D eigenvalue weighted by Crippen LogP contribution is 2.26. The monoisotopic (exact) mass is 308 g/mol. The maximum Gasteiger partial charge on any atom is 0.134 e. The van der Waals surface area contributed by atoms with E-state index in [0.717, 1.165) is 11.1 Å². The smallest absolute Gasteiger partial charge is 0.134 e. The molecule has 1 aliphatic heterocycles. The van der Waals surface area contributed by atoms with E-state index in [4.69, 9.17) is 4.74 Å². The molecule has 0 bridgehead atoms. The number of ether oxygens (including phenoxy) is 1. The van der Waals surface area contributed by atoms with Crippen molar-refractivity contribution in [1.29, 1.82) is 0 Å². The van der Waals surface area contributed by atoms with Crippen LogP contribution in [0.15, 0.2) is 29.3 Å². The standard InChI is InChI=1S/C16H24N2O4/c1-15(8-19,9-20)17-7-12-3-5-13(6-4-12)14-18-16(2,10-21)11-22-14/h3-7,14,18-21H,8-11H2,1-2H3/t14-,16+/m1/s1. The Hall–Kier alpha value is -1.31. The van der Waals surface area contributed by atoms with Gasteiger partial charge in [0.15, 0.2) is 0 Å². The molecule has 2 atom stereocenters. The third-order valence-corrected chi connectivity index (χ3v) is 3.84. The van der Waals surface area contributed by atoms with Gasteiger partial charge >= 0.3 is 0 Å². The molecule has 6 heteroatoms. The summed E-state index contributed by atoms with van der Waals surface area (Å²) in [6.07, 6.45) is 1.40. The molecule has 1 aliphatic rings. The van der Waals surface area contributed by atoms with Crippen molar-refractivity contribution in [3.05, 3.63) is 35.4 Å². The molecule has 0 unspecified atom stereocenters. The van der Waals surface area contributed by atoms with Crippen LogP contribution in [0.2, 0.25) is 0 Å². The molecule has 0 radical (unpaired) electrons. The second kappa shape index (κ2) is 6.85. The van der Waals surface area contributed by atoms with Crippen LogP contribution >= 0.6 is 0 Å². The van der Waals surface area contributed by atoms with Crippen molar-refractivity contribution in [2.45, 2.75) is 31.2 Å². The Morgan fingerprint density at radius 3 is 2.45 bits per heavy atom. The van der Waals surface area contributed by atoms with Crippen molar-refractivity contribution >= 4 is 6.21 Å². The van der Waals surface area contributed by atoms with E-state index in [-0.39, 0.29) is 26.0 Å². The van der Waals surface area contributed by atoms with Gasteiger partial charge in [-0.05, 0) is 25.0 Å². The predicted molar refractivity (Wildman–Crippen MR) is 83.9 cm³/mol.